The number of fused-ring (bicyclic) bond motifs is 2. The summed E-state index contributed by atoms with van der Waals surface area (Å²) in [5.41, 5.74) is 13.2. The summed E-state index contributed by atoms with van der Waals surface area (Å²) in [4.78, 5) is 43.0. The minimum absolute atomic E-state index is 0. The molecule has 1 unspecified atom stereocenters. The van der Waals surface area contributed by atoms with Crippen molar-refractivity contribution in [3.05, 3.63) is 150 Å². The van der Waals surface area contributed by atoms with Crippen LogP contribution in [0.2, 0.25) is 0 Å². The molecule has 8 aromatic rings. The van der Waals surface area contributed by atoms with Crippen molar-refractivity contribution in [3.63, 3.8) is 0 Å². The van der Waals surface area contributed by atoms with Crippen molar-refractivity contribution in [3.8, 4) is 22.8 Å². The number of carbonyl (C=O) groups excluding carboxylic acids is 1. The van der Waals surface area contributed by atoms with Crippen LogP contribution in [-0.4, -0.2) is 146 Å². The zero-order valence-electron chi connectivity index (χ0n) is 47.3. The molecule has 3 N–H and O–H groups in total. The number of imidazole rings is 2. The van der Waals surface area contributed by atoms with Gasteiger partial charge in [0, 0.05) is 71.4 Å². The zero-order valence-corrected chi connectivity index (χ0v) is 48.1. The van der Waals surface area contributed by atoms with Gasteiger partial charge >= 0.3 is 6.09 Å². The van der Waals surface area contributed by atoms with E-state index in [9.17, 15) is 13.6 Å². The average Bonchev–Trinajstić information content (AvgIpc) is 4.45. The summed E-state index contributed by atoms with van der Waals surface area (Å²) in [6, 6.07) is 34.4. The van der Waals surface area contributed by atoms with Crippen molar-refractivity contribution < 1.29 is 18.3 Å². The SMILES string of the molecule is CC(C)(C)OC(=O)NCCCN1CCN(c2cccc(-c3cnc4ccc(N5CCC[C@@H]5c5cccc(F)c5)nn34)n2)CC1.Cl.NCCCN1CCN(c2cccc(-c3cnc4ccc(C5CCC[C@@H]5c5cccc(F)c5)nn34)n2)CC1. The van der Waals surface area contributed by atoms with Gasteiger partial charge in [-0.05, 0) is 169 Å². The summed E-state index contributed by atoms with van der Waals surface area (Å²) in [5, 5.41) is 12.9. The summed E-state index contributed by atoms with van der Waals surface area (Å²) in [5.74, 6) is 2.92. The highest BCUT2D eigenvalue weighted by molar-refractivity contribution is 5.85. The molecule has 0 bridgehead atoms. The second kappa shape index (κ2) is 26.3. The number of aromatic nitrogens is 8. The first kappa shape index (κ1) is 57.9. The molecule has 17 nitrogen and oxygen atoms in total. The van der Waals surface area contributed by atoms with Gasteiger partial charge in [0.2, 0.25) is 0 Å². The monoisotopic (exact) mass is 1140 g/mol. The number of hydrogen-bond acceptors (Lipinski definition) is 14. The molecule has 20 heteroatoms. The van der Waals surface area contributed by atoms with Crippen LogP contribution in [0, 0.1) is 11.6 Å². The summed E-state index contributed by atoms with van der Waals surface area (Å²) in [7, 11) is 0. The quantitative estimate of drug-likeness (QED) is 0.0931. The van der Waals surface area contributed by atoms with E-state index in [0.717, 1.165) is 192 Å². The minimum atomic E-state index is -0.487. The highest BCUT2D eigenvalue weighted by Gasteiger charge is 2.33. The molecule has 1 aliphatic carbocycles. The molecule has 1 amide bonds. The predicted octanol–water partition coefficient (Wildman–Crippen LogP) is 10.2. The van der Waals surface area contributed by atoms with Crippen LogP contribution in [0.5, 0.6) is 0 Å². The second-order valence-corrected chi connectivity index (χ2v) is 22.7. The zero-order chi connectivity index (χ0) is 55.9. The van der Waals surface area contributed by atoms with Gasteiger partial charge in [-0.3, -0.25) is 9.80 Å². The number of anilines is 3. The molecule has 6 aromatic heterocycles. The van der Waals surface area contributed by atoms with Gasteiger partial charge in [-0.2, -0.15) is 5.10 Å². The summed E-state index contributed by atoms with van der Waals surface area (Å²) < 4.78 is 37.0. The molecule has 3 saturated heterocycles. The van der Waals surface area contributed by atoms with Crippen LogP contribution in [0.4, 0.5) is 31.0 Å². The Balaban J connectivity index is 0.000000184. The number of carbonyl (C=O) groups is 1. The third-order valence-corrected chi connectivity index (χ3v) is 16.1. The van der Waals surface area contributed by atoms with E-state index in [1.54, 1.807) is 18.2 Å². The van der Waals surface area contributed by atoms with Gasteiger partial charge in [0.1, 0.15) is 46.1 Å². The molecule has 12 rings (SSSR count). The first-order valence-corrected chi connectivity index (χ1v) is 29.0. The van der Waals surface area contributed by atoms with Gasteiger partial charge in [-0.25, -0.2) is 42.5 Å². The standard InChI is InChI=1S/C33H41FN8O2.C29H34FN7.ClH/c1-33(2,3)44-32(43)35-15-7-16-39-18-20-40(21-19-39)30-12-5-10-26(37-30)28-23-36-29-13-14-31(38-42(28)29)41-17-6-11-27(41)24-8-4-9-25(34)22-24;30-22-6-1-5-21(19-22)23-7-2-8-24(23)25-11-12-28-32-20-27(37(28)34-25)26-9-3-10-29(33-26)36-17-15-35(16-18-36)14-4-13-31;/h4-5,8-10,12-14,22-23,27H,6-7,11,15-21H2,1-3H3,(H,35,43);1,3,5-6,9-12,19-20,23-24H,2,4,7-8,13-18,31H2;1H/t27-;23-,24?;/m11./s1. The molecule has 3 aliphatic heterocycles. The van der Waals surface area contributed by atoms with E-state index in [4.69, 9.17) is 30.6 Å². The molecule has 3 atom stereocenters. The van der Waals surface area contributed by atoms with Gasteiger partial charge in [0.05, 0.1) is 35.5 Å². The second-order valence-electron chi connectivity index (χ2n) is 22.7. The predicted molar refractivity (Wildman–Crippen MR) is 321 cm³/mol. The number of hydrogen-bond donors (Lipinski definition) is 2. The Morgan fingerprint density at radius 3 is 1.79 bits per heavy atom. The molecule has 9 heterocycles. The van der Waals surface area contributed by atoms with Crippen molar-refractivity contribution in [1.82, 2.24) is 54.3 Å². The van der Waals surface area contributed by atoms with Crippen molar-refractivity contribution in [1.29, 1.82) is 0 Å². The van der Waals surface area contributed by atoms with E-state index in [1.807, 2.05) is 96.8 Å². The summed E-state index contributed by atoms with van der Waals surface area (Å²) >= 11 is 0. The fourth-order valence-electron chi connectivity index (χ4n) is 12.0. The van der Waals surface area contributed by atoms with E-state index >= 15 is 0 Å². The van der Waals surface area contributed by atoms with E-state index in [0.29, 0.717) is 6.54 Å². The van der Waals surface area contributed by atoms with E-state index in [1.165, 1.54) is 12.1 Å². The van der Waals surface area contributed by atoms with Crippen LogP contribution in [0.25, 0.3) is 34.1 Å². The lowest BCUT2D eigenvalue weighted by molar-refractivity contribution is 0.0525. The molecular weight excluding hydrogens is 1060 g/mol. The molecule has 82 heavy (non-hydrogen) atoms. The van der Waals surface area contributed by atoms with Gasteiger partial charge < -0.3 is 30.5 Å². The number of nitrogens with one attached hydrogen (secondary N) is 1. The largest absolute Gasteiger partial charge is 0.444 e. The molecule has 2 aromatic carbocycles. The lowest BCUT2D eigenvalue weighted by Gasteiger charge is -2.35. The average molecular weight is 1140 g/mol. The number of ether oxygens (including phenoxy) is 1. The van der Waals surface area contributed by atoms with Crippen LogP contribution in [-0.2, 0) is 4.74 Å². The summed E-state index contributed by atoms with van der Waals surface area (Å²) in [6.07, 6.45) is 10.4. The van der Waals surface area contributed by atoms with Crippen molar-refractivity contribution in [2.75, 3.05) is 99.8 Å². The normalized spacial score (nSPS) is 18.9. The number of halogens is 3. The van der Waals surface area contributed by atoms with Crippen LogP contribution in [0.3, 0.4) is 0 Å². The van der Waals surface area contributed by atoms with Gasteiger partial charge in [-0.1, -0.05) is 42.8 Å². The lowest BCUT2D eigenvalue weighted by atomic mass is 9.86. The van der Waals surface area contributed by atoms with Crippen LogP contribution in [0.1, 0.15) is 100 Å². The highest BCUT2D eigenvalue weighted by atomic mass is 35.5. The molecule has 0 radical (unpaired) electrons. The first-order chi connectivity index (χ1) is 39.4. The summed E-state index contributed by atoms with van der Waals surface area (Å²) in [6.45, 7) is 17.4. The maximum Gasteiger partial charge on any atom is 0.407 e. The van der Waals surface area contributed by atoms with E-state index in [2.05, 4.69) is 64.0 Å². The van der Waals surface area contributed by atoms with Gasteiger partial charge in [0.15, 0.2) is 11.3 Å². The highest BCUT2D eigenvalue weighted by Crippen LogP contribution is 2.45. The number of nitrogens with zero attached hydrogens (tertiary/aromatic N) is 13. The number of piperazine rings is 2. The Kier molecular flexibility index (Phi) is 18.6. The van der Waals surface area contributed by atoms with Gasteiger partial charge in [-0.15, -0.1) is 17.5 Å². The van der Waals surface area contributed by atoms with Crippen molar-refractivity contribution >= 4 is 47.2 Å². The number of pyridine rings is 2. The molecule has 4 fully saturated rings. The van der Waals surface area contributed by atoms with Gasteiger partial charge in [0.25, 0.3) is 0 Å². The smallest absolute Gasteiger partial charge is 0.407 e. The fraction of sp³-hybridized carbons (Fsp3) is 0.435. The first-order valence-electron chi connectivity index (χ1n) is 29.0. The van der Waals surface area contributed by atoms with Crippen LogP contribution in [0.15, 0.2) is 122 Å². The van der Waals surface area contributed by atoms with Crippen molar-refractivity contribution in [2.45, 2.75) is 89.2 Å². The van der Waals surface area contributed by atoms with E-state index in [-0.39, 0.29) is 48.0 Å². The number of nitrogens with two attached hydrogens (primary N) is 1. The number of amides is 1. The topological polar surface area (TPSA) is 167 Å². The Labute approximate surface area is 485 Å². The van der Waals surface area contributed by atoms with Crippen LogP contribution >= 0.6 is 12.4 Å². The molecule has 432 valence electrons. The maximum atomic E-state index is 14.0. The molecular formula is C62H76ClF2N15O2. The lowest BCUT2D eigenvalue weighted by Crippen LogP contribution is -2.47. The number of rotatable bonds is 15. The molecule has 4 aliphatic rings. The molecule has 1 saturated carbocycles. The number of alkyl carbamates (subject to hydrolysis) is 1. The third kappa shape index (κ3) is 13.8. The van der Waals surface area contributed by atoms with Crippen molar-refractivity contribution in [2.24, 2.45) is 5.73 Å². The van der Waals surface area contributed by atoms with E-state index < -0.39 is 5.60 Å². The Morgan fingerprint density at radius 1 is 0.622 bits per heavy atom. The maximum absolute atomic E-state index is 14.0. The Hall–Kier alpha value is -7.32. The minimum Gasteiger partial charge on any atom is -0.444 e. The third-order valence-electron chi connectivity index (χ3n) is 16.1. The fourth-order valence-corrected chi connectivity index (χ4v) is 12.0. The Bertz CT molecular complexity index is 3410. The van der Waals surface area contributed by atoms with Crippen LogP contribution < -0.4 is 25.8 Å². The Morgan fingerprint density at radius 2 is 1.18 bits per heavy atom. The number of benzene rings is 2. The molecule has 0 spiro atoms.